The average Bonchev–Trinajstić information content (AvgIpc) is 2.99. The number of ether oxygens (including phenoxy) is 2. The summed E-state index contributed by atoms with van der Waals surface area (Å²) in [5.74, 6) is 0.215. The summed E-state index contributed by atoms with van der Waals surface area (Å²) in [7, 11) is -2.12. The molecule has 168 valence electrons. The molecule has 1 aromatic rings. The fourth-order valence-electron chi connectivity index (χ4n) is 3.92. The topological polar surface area (TPSA) is 88.2 Å². The first kappa shape index (κ1) is 23.0. The Morgan fingerprint density at radius 1 is 1.17 bits per heavy atom. The SMILES string of the molecule is COc1ccc(S(=O)(=O)N2CCCCCC2)cc1NC(=O)CN1CCOCC1(C)C. The molecular formula is C21H33N3O5S. The third kappa shape index (κ3) is 5.32. The van der Waals surface area contributed by atoms with E-state index in [9.17, 15) is 13.2 Å². The van der Waals surface area contributed by atoms with Gasteiger partial charge in [-0.3, -0.25) is 9.69 Å². The summed E-state index contributed by atoms with van der Waals surface area (Å²) in [6.45, 7) is 7.15. The molecule has 8 nitrogen and oxygen atoms in total. The van der Waals surface area contributed by atoms with Gasteiger partial charge >= 0.3 is 0 Å². The Balaban J connectivity index is 1.78. The van der Waals surface area contributed by atoms with Gasteiger partial charge in [0, 0.05) is 25.2 Å². The number of hydrogen-bond donors (Lipinski definition) is 1. The van der Waals surface area contributed by atoms with Crippen LogP contribution in [0.3, 0.4) is 0 Å². The second-order valence-corrected chi connectivity index (χ2v) is 10.5. The Kier molecular flexibility index (Phi) is 7.38. The molecule has 0 saturated carbocycles. The third-order valence-corrected chi connectivity index (χ3v) is 7.69. The standard InChI is InChI=1S/C21H33N3O5S/c1-21(2)16-29-13-12-23(21)15-20(25)22-18-14-17(8-9-19(18)28-3)30(26,27)24-10-6-4-5-7-11-24/h8-9,14H,4-7,10-13,15-16H2,1-3H3,(H,22,25). The molecule has 2 heterocycles. The summed E-state index contributed by atoms with van der Waals surface area (Å²) in [4.78, 5) is 15.0. The van der Waals surface area contributed by atoms with E-state index in [4.69, 9.17) is 9.47 Å². The van der Waals surface area contributed by atoms with Gasteiger partial charge in [0.2, 0.25) is 15.9 Å². The summed E-state index contributed by atoms with van der Waals surface area (Å²) in [6, 6.07) is 4.64. The van der Waals surface area contributed by atoms with Crippen LogP contribution in [0, 0.1) is 0 Å². The molecule has 2 fully saturated rings. The Hall–Kier alpha value is -1.68. The van der Waals surface area contributed by atoms with Crippen LogP contribution >= 0.6 is 0 Å². The minimum Gasteiger partial charge on any atom is -0.495 e. The van der Waals surface area contributed by atoms with Crippen molar-refractivity contribution in [3.63, 3.8) is 0 Å². The van der Waals surface area contributed by atoms with Gasteiger partial charge in [0.15, 0.2) is 0 Å². The molecule has 2 aliphatic rings. The van der Waals surface area contributed by atoms with Crippen molar-refractivity contribution in [2.75, 3.05) is 51.8 Å². The molecule has 1 amide bonds. The number of morpholine rings is 1. The second-order valence-electron chi connectivity index (χ2n) is 8.52. The molecule has 0 spiro atoms. The lowest BCUT2D eigenvalue weighted by Crippen LogP contribution is -2.55. The first-order valence-electron chi connectivity index (χ1n) is 10.5. The summed E-state index contributed by atoms with van der Waals surface area (Å²) in [5.41, 5.74) is 0.127. The zero-order chi connectivity index (χ0) is 21.8. The summed E-state index contributed by atoms with van der Waals surface area (Å²) >= 11 is 0. The van der Waals surface area contributed by atoms with E-state index in [2.05, 4.69) is 10.2 Å². The minimum atomic E-state index is -3.61. The number of nitrogens with zero attached hydrogens (tertiary/aromatic N) is 2. The molecular weight excluding hydrogens is 406 g/mol. The Bertz CT molecular complexity index is 848. The molecule has 2 aliphatic heterocycles. The first-order chi connectivity index (χ1) is 14.2. The van der Waals surface area contributed by atoms with Crippen LogP contribution in [-0.2, 0) is 19.6 Å². The molecule has 2 saturated heterocycles. The zero-order valence-electron chi connectivity index (χ0n) is 18.1. The molecule has 0 aromatic heterocycles. The number of hydrogen-bond acceptors (Lipinski definition) is 6. The van der Waals surface area contributed by atoms with Crippen molar-refractivity contribution < 1.29 is 22.7 Å². The predicted molar refractivity (Wildman–Crippen MR) is 115 cm³/mol. The van der Waals surface area contributed by atoms with Crippen molar-refractivity contribution >= 4 is 21.6 Å². The lowest BCUT2D eigenvalue weighted by molar-refractivity contribution is -0.122. The largest absolute Gasteiger partial charge is 0.495 e. The van der Waals surface area contributed by atoms with E-state index in [0.717, 1.165) is 25.7 Å². The highest BCUT2D eigenvalue weighted by Gasteiger charge is 2.32. The summed E-state index contributed by atoms with van der Waals surface area (Å²) in [5, 5.41) is 2.84. The Morgan fingerprint density at radius 2 is 1.87 bits per heavy atom. The van der Waals surface area contributed by atoms with Gasteiger partial charge in [-0.1, -0.05) is 12.8 Å². The number of amides is 1. The monoisotopic (exact) mass is 439 g/mol. The normalized spacial score (nSPS) is 21.0. The van der Waals surface area contributed by atoms with Crippen molar-refractivity contribution in [1.29, 1.82) is 0 Å². The maximum Gasteiger partial charge on any atom is 0.243 e. The number of anilines is 1. The minimum absolute atomic E-state index is 0.173. The van der Waals surface area contributed by atoms with E-state index in [-0.39, 0.29) is 22.9 Å². The van der Waals surface area contributed by atoms with E-state index in [1.807, 2.05) is 13.8 Å². The van der Waals surface area contributed by atoms with Gasteiger partial charge in [0.1, 0.15) is 5.75 Å². The fraction of sp³-hybridized carbons (Fsp3) is 0.667. The van der Waals surface area contributed by atoms with Gasteiger partial charge < -0.3 is 14.8 Å². The van der Waals surface area contributed by atoms with E-state index < -0.39 is 10.0 Å². The highest BCUT2D eigenvalue weighted by molar-refractivity contribution is 7.89. The summed E-state index contributed by atoms with van der Waals surface area (Å²) < 4.78 is 38.7. The molecule has 0 bridgehead atoms. The number of carbonyl (C=O) groups excluding carboxylic acids is 1. The van der Waals surface area contributed by atoms with Gasteiger partial charge in [-0.25, -0.2) is 8.42 Å². The number of sulfonamides is 1. The van der Waals surface area contributed by atoms with Gasteiger partial charge in [-0.15, -0.1) is 0 Å². The van der Waals surface area contributed by atoms with Crippen molar-refractivity contribution in [3.8, 4) is 5.75 Å². The molecule has 1 aromatic carbocycles. The van der Waals surface area contributed by atoms with Gasteiger partial charge in [0.05, 0.1) is 37.5 Å². The van der Waals surface area contributed by atoms with E-state index >= 15 is 0 Å². The number of carbonyl (C=O) groups is 1. The highest BCUT2D eigenvalue weighted by Crippen LogP contribution is 2.30. The molecule has 3 rings (SSSR count). The molecule has 0 radical (unpaired) electrons. The van der Waals surface area contributed by atoms with E-state index in [0.29, 0.717) is 44.3 Å². The fourth-order valence-corrected chi connectivity index (χ4v) is 5.47. The van der Waals surface area contributed by atoms with Crippen LogP contribution in [0.4, 0.5) is 5.69 Å². The first-order valence-corrected chi connectivity index (χ1v) is 12.0. The average molecular weight is 440 g/mol. The zero-order valence-corrected chi connectivity index (χ0v) is 19.0. The van der Waals surface area contributed by atoms with Crippen LogP contribution in [0.1, 0.15) is 39.5 Å². The molecule has 1 N–H and O–H groups in total. The van der Waals surface area contributed by atoms with Crippen molar-refractivity contribution in [3.05, 3.63) is 18.2 Å². The van der Waals surface area contributed by atoms with Crippen molar-refractivity contribution in [2.24, 2.45) is 0 Å². The number of methoxy groups -OCH3 is 1. The Labute approximate surface area is 179 Å². The predicted octanol–water partition coefficient (Wildman–Crippen LogP) is 2.31. The van der Waals surface area contributed by atoms with Gasteiger partial charge in [0.25, 0.3) is 0 Å². The van der Waals surface area contributed by atoms with Gasteiger partial charge in [-0.05, 0) is 44.9 Å². The second kappa shape index (κ2) is 9.64. The molecule has 9 heteroatoms. The Morgan fingerprint density at radius 3 is 2.50 bits per heavy atom. The maximum atomic E-state index is 13.1. The smallest absolute Gasteiger partial charge is 0.243 e. The van der Waals surface area contributed by atoms with Gasteiger partial charge in [-0.2, -0.15) is 4.31 Å². The quantitative estimate of drug-likeness (QED) is 0.732. The van der Waals surface area contributed by atoms with Crippen LogP contribution in [0.15, 0.2) is 23.1 Å². The van der Waals surface area contributed by atoms with E-state index in [1.165, 1.54) is 13.2 Å². The van der Waals surface area contributed by atoms with Crippen molar-refractivity contribution in [2.45, 2.75) is 50.0 Å². The number of nitrogens with one attached hydrogen (secondary N) is 1. The molecule has 0 atom stereocenters. The van der Waals surface area contributed by atoms with Crippen LogP contribution in [0.25, 0.3) is 0 Å². The molecule has 0 unspecified atom stereocenters. The van der Waals surface area contributed by atoms with Crippen molar-refractivity contribution in [1.82, 2.24) is 9.21 Å². The molecule has 30 heavy (non-hydrogen) atoms. The third-order valence-electron chi connectivity index (χ3n) is 5.80. The highest BCUT2D eigenvalue weighted by atomic mass is 32.2. The summed E-state index contributed by atoms with van der Waals surface area (Å²) in [6.07, 6.45) is 3.84. The number of benzene rings is 1. The number of rotatable bonds is 6. The molecule has 0 aliphatic carbocycles. The lowest BCUT2D eigenvalue weighted by Gasteiger charge is -2.41. The maximum absolute atomic E-state index is 13.1. The lowest BCUT2D eigenvalue weighted by atomic mass is 10.0. The van der Waals surface area contributed by atoms with Crippen LogP contribution in [0.2, 0.25) is 0 Å². The van der Waals surface area contributed by atoms with Crippen LogP contribution < -0.4 is 10.1 Å². The van der Waals surface area contributed by atoms with Crippen LogP contribution in [-0.4, -0.2) is 75.6 Å². The van der Waals surface area contributed by atoms with Crippen LogP contribution in [0.5, 0.6) is 5.75 Å². The van der Waals surface area contributed by atoms with E-state index in [1.54, 1.807) is 16.4 Å².